The minimum atomic E-state index is -0.259. The number of aromatic amines is 1. The van der Waals surface area contributed by atoms with Gasteiger partial charge < -0.3 is 16.5 Å². The van der Waals surface area contributed by atoms with Crippen molar-refractivity contribution in [1.82, 2.24) is 9.97 Å². The number of rotatable bonds is 3. The standard InChI is InChI=1S/C11H11BrN4OS/c12-7-2-1-3-8(13)6(7)5-18-11-15-9(14)4-10(17)16-11/h1-4H,5,13H2,(H3,14,15,16,17). The molecule has 0 spiro atoms. The molecule has 1 aromatic heterocycles. The summed E-state index contributed by atoms with van der Waals surface area (Å²) in [6.45, 7) is 0. The average molecular weight is 327 g/mol. The van der Waals surface area contributed by atoms with Gasteiger partial charge in [0.2, 0.25) is 0 Å². The van der Waals surface area contributed by atoms with Gasteiger partial charge in [-0.2, -0.15) is 0 Å². The van der Waals surface area contributed by atoms with Crippen LogP contribution in [0.4, 0.5) is 11.5 Å². The van der Waals surface area contributed by atoms with Gasteiger partial charge in [-0.3, -0.25) is 4.79 Å². The minimum absolute atomic E-state index is 0.210. The molecule has 0 amide bonds. The SMILES string of the molecule is Nc1cc(=O)[nH]c(SCc2c(N)cccc2Br)n1. The summed E-state index contributed by atoms with van der Waals surface area (Å²) in [5.41, 5.74) is 12.8. The molecular weight excluding hydrogens is 316 g/mol. The van der Waals surface area contributed by atoms with Gasteiger partial charge in [-0.15, -0.1) is 0 Å². The molecule has 5 N–H and O–H groups in total. The molecule has 0 fully saturated rings. The molecule has 18 heavy (non-hydrogen) atoms. The van der Waals surface area contributed by atoms with Gasteiger partial charge >= 0.3 is 0 Å². The van der Waals surface area contributed by atoms with Crippen molar-refractivity contribution >= 4 is 39.2 Å². The second-order valence-corrected chi connectivity index (χ2v) is 5.39. The Balaban J connectivity index is 2.19. The van der Waals surface area contributed by atoms with E-state index in [1.165, 1.54) is 17.8 Å². The number of nitrogens with zero attached hydrogens (tertiary/aromatic N) is 1. The number of thioether (sulfide) groups is 1. The Morgan fingerprint density at radius 1 is 1.39 bits per heavy atom. The average Bonchev–Trinajstić information content (AvgIpc) is 2.27. The third-order valence-corrected chi connectivity index (χ3v) is 3.89. The van der Waals surface area contributed by atoms with Crippen LogP contribution in [0.15, 0.2) is 38.7 Å². The van der Waals surface area contributed by atoms with Crippen LogP contribution in [-0.4, -0.2) is 9.97 Å². The third-order valence-electron chi connectivity index (χ3n) is 2.25. The van der Waals surface area contributed by atoms with E-state index in [0.717, 1.165) is 10.0 Å². The van der Waals surface area contributed by atoms with E-state index >= 15 is 0 Å². The molecule has 0 unspecified atom stereocenters. The maximum Gasteiger partial charge on any atom is 0.253 e. The zero-order chi connectivity index (χ0) is 13.1. The molecule has 0 aliphatic carbocycles. The maximum atomic E-state index is 11.2. The van der Waals surface area contributed by atoms with Gasteiger partial charge in [-0.25, -0.2) is 4.98 Å². The van der Waals surface area contributed by atoms with Crippen molar-refractivity contribution in [2.75, 3.05) is 11.5 Å². The predicted octanol–water partition coefficient (Wildman–Crippen LogP) is 1.99. The fourth-order valence-corrected chi connectivity index (χ4v) is 3.04. The molecule has 0 saturated heterocycles. The Hall–Kier alpha value is -1.47. The fourth-order valence-electron chi connectivity index (χ4n) is 1.39. The first-order chi connectivity index (χ1) is 8.56. The fraction of sp³-hybridized carbons (Fsp3) is 0.0909. The molecule has 94 valence electrons. The van der Waals surface area contributed by atoms with Crippen LogP contribution < -0.4 is 17.0 Å². The van der Waals surface area contributed by atoms with Gasteiger partial charge in [0.05, 0.1) is 0 Å². The van der Waals surface area contributed by atoms with Crippen molar-refractivity contribution in [1.29, 1.82) is 0 Å². The number of H-pyrrole nitrogens is 1. The number of halogens is 1. The lowest BCUT2D eigenvalue weighted by atomic mass is 10.2. The molecule has 0 bridgehead atoms. The number of anilines is 2. The van der Waals surface area contributed by atoms with E-state index in [1.807, 2.05) is 18.2 Å². The molecule has 2 aromatic rings. The normalized spacial score (nSPS) is 10.5. The quantitative estimate of drug-likeness (QED) is 0.455. The number of hydrogen-bond acceptors (Lipinski definition) is 5. The monoisotopic (exact) mass is 326 g/mol. The van der Waals surface area contributed by atoms with Gasteiger partial charge in [-0.1, -0.05) is 33.8 Å². The highest BCUT2D eigenvalue weighted by Gasteiger charge is 2.06. The molecular formula is C11H11BrN4OS. The number of nitrogens with two attached hydrogens (primary N) is 2. The molecule has 0 radical (unpaired) electrons. The lowest BCUT2D eigenvalue weighted by Gasteiger charge is -2.07. The van der Waals surface area contributed by atoms with Crippen molar-refractivity contribution in [2.24, 2.45) is 0 Å². The summed E-state index contributed by atoms with van der Waals surface area (Å²) in [6, 6.07) is 6.86. The minimum Gasteiger partial charge on any atom is -0.398 e. The van der Waals surface area contributed by atoms with Gasteiger partial charge in [-0.05, 0) is 17.7 Å². The van der Waals surface area contributed by atoms with Gasteiger partial charge in [0.1, 0.15) is 5.82 Å². The summed E-state index contributed by atoms with van der Waals surface area (Å²) in [6.07, 6.45) is 0. The van der Waals surface area contributed by atoms with E-state index in [4.69, 9.17) is 11.5 Å². The molecule has 0 atom stereocenters. The topological polar surface area (TPSA) is 97.8 Å². The first kappa shape index (κ1) is 13.0. The van der Waals surface area contributed by atoms with Crippen LogP contribution in [0.5, 0.6) is 0 Å². The Kier molecular flexibility index (Phi) is 3.93. The number of aromatic nitrogens is 2. The van der Waals surface area contributed by atoms with E-state index < -0.39 is 0 Å². The highest BCUT2D eigenvalue weighted by atomic mass is 79.9. The number of nitrogens with one attached hydrogen (secondary N) is 1. The van der Waals surface area contributed by atoms with Crippen LogP contribution in [0, 0.1) is 0 Å². The van der Waals surface area contributed by atoms with Gasteiger partial charge in [0.25, 0.3) is 5.56 Å². The van der Waals surface area contributed by atoms with Crippen LogP contribution in [-0.2, 0) is 5.75 Å². The van der Waals surface area contributed by atoms with E-state index in [-0.39, 0.29) is 11.4 Å². The molecule has 2 rings (SSSR count). The van der Waals surface area contributed by atoms with E-state index in [0.29, 0.717) is 16.6 Å². The Labute approximate surface area is 116 Å². The van der Waals surface area contributed by atoms with Crippen LogP contribution >= 0.6 is 27.7 Å². The molecule has 0 saturated carbocycles. The highest BCUT2D eigenvalue weighted by molar-refractivity contribution is 9.10. The lowest BCUT2D eigenvalue weighted by Crippen LogP contribution is -2.09. The number of hydrogen-bond donors (Lipinski definition) is 3. The summed E-state index contributed by atoms with van der Waals surface area (Å²) in [4.78, 5) is 17.9. The van der Waals surface area contributed by atoms with Gasteiger partial charge in [0, 0.05) is 22.0 Å². The number of nitrogen functional groups attached to an aromatic ring is 2. The van der Waals surface area contributed by atoms with Crippen LogP contribution in [0.25, 0.3) is 0 Å². The lowest BCUT2D eigenvalue weighted by molar-refractivity contribution is 0.945. The van der Waals surface area contributed by atoms with E-state index in [2.05, 4.69) is 25.9 Å². The third kappa shape index (κ3) is 3.05. The van der Waals surface area contributed by atoms with E-state index in [1.54, 1.807) is 0 Å². The van der Waals surface area contributed by atoms with Crippen LogP contribution in [0.2, 0.25) is 0 Å². The summed E-state index contributed by atoms with van der Waals surface area (Å²) in [5, 5.41) is 0.482. The number of benzene rings is 1. The molecule has 0 aliphatic rings. The maximum absolute atomic E-state index is 11.2. The first-order valence-electron chi connectivity index (χ1n) is 5.09. The van der Waals surface area contributed by atoms with Crippen molar-refractivity contribution < 1.29 is 0 Å². The van der Waals surface area contributed by atoms with E-state index in [9.17, 15) is 4.79 Å². The molecule has 1 heterocycles. The Bertz CT molecular complexity index is 608. The molecule has 7 heteroatoms. The van der Waals surface area contributed by atoms with Crippen molar-refractivity contribution in [3.63, 3.8) is 0 Å². The summed E-state index contributed by atoms with van der Waals surface area (Å²) in [5.74, 6) is 0.806. The highest BCUT2D eigenvalue weighted by Crippen LogP contribution is 2.28. The first-order valence-corrected chi connectivity index (χ1v) is 6.86. The van der Waals surface area contributed by atoms with Crippen LogP contribution in [0.1, 0.15) is 5.56 Å². The Morgan fingerprint density at radius 2 is 2.17 bits per heavy atom. The zero-order valence-electron chi connectivity index (χ0n) is 9.31. The largest absolute Gasteiger partial charge is 0.398 e. The second kappa shape index (κ2) is 5.45. The molecule has 1 aromatic carbocycles. The van der Waals surface area contributed by atoms with Crippen molar-refractivity contribution in [3.8, 4) is 0 Å². The predicted molar refractivity (Wildman–Crippen MR) is 77.4 cm³/mol. The van der Waals surface area contributed by atoms with Crippen molar-refractivity contribution in [3.05, 3.63) is 44.7 Å². The van der Waals surface area contributed by atoms with Crippen molar-refractivity contribution in [2.45, 2.75) is 10.9 Å². The zero-order valence-corrected chi connectivity index (χ0v) is 11.7. The summed E-state index contributed by atoms with van der Waals surface area (Å²) in [7, 11) is 0. The second-order valence-electron chi connectivity index (χ2n) is 3.57. The Morgan fingerprint density at radius 3 is 2.83 bits per heavy atom. The molecule has 0 aliphatic heterocycles. The van der Waals surface area contributed by atoms with Gasteiger partial charge in [0.15, 0.2) is 5.16 Å². The summed E-state index contributed by atoms with van der Waals surface area (Å²) < 4.78 is 0.932. The smallest absolute Gasteiger partial charge is 0.253 e. The molecule has 5 nitrogen and oxygen atoms in total. The summed E-state index contributed by atoms with van der Waals surface area (Å²) >= 11 is 4.81. The van der Waals surface area contributed by atoms with Crippen LogP contribution in [0.3, 0.4) is 0 Å².